The van der Waals surface area contributed by atoms with Crippen LogP contribution in [0.2, 0.25) is 0 Å². The number of sulfonamides is 1. The van der Waals surface area contributed by atoms with E-state index in [4.69, 9.17) is 9.56 Å². The first-order valence-corrected chi connectivity index (χ1v) is 6.76. The van der Waals surface area contributed by atoms with Gasteiger partial charge in [0.25, 0.3) is 10.0 Å². The summed E-state index contributed by atoms with van der Waals surface area (Å²) < 4.78 is 27.0. The lowest BCUT2D eigenvalue weighted by Crippen LogP contribution is -2.21. The van der Waals surface area contributed by atoms with Gasteiger partial charge < -0.3 is 9.73 Å². The quantitative estimate of drug-likeness (QED) is 0.803. The van der Waals surface area contributed by atoms with Gasteiger partial charge in [-0.2, -0.15) is 0 Å². The SMILES string of the molecule is CC1(CNCc2ccc(S(N)(=O)=O)o2)CC1. The molecule has 1 aliphatic carbocycles. The Bertz CT molecular complexity index is 474. The van der Waals surface area contributed by atoms with Crippen LogP contribution in [0.15, 0.2) is 21.6 Å². The Morgan fingerprint density at radius 1 is 1.50 bits per heavy atom. The molecule has 1 aromatic heterocycles. The van der Waals surface area contributed by atoms with Crippen molar-refractivity contribution in [1.29, 1.82) is 0 Å². The standard InChI is InChI=1S/C10H16N2O3S/c1-10(4-5-10)7-12-6-8-2-3-9(15-8)16(11,13)14/h2-3,12H,4-7H2,1H3,(H2,11,13,14). The average Bonchev–Trinajstić information content (AvgIpc) is 2.73. The molecule has 2 rings (SSSR count). The lowest BCUT2D eigenvalue weighted by atomic mass is 10.1. The van der Waals surface area contributed by atoms with Gasteiger partial charge >= 0.3 is 0 Å². The minimum atomic E-state index is -3.72. The average molecular weight is 244 g/mol. The highest BCUT2D eigenvalue weighted by Crippen LogP contribution is 2.44. The molecule has 0 radical (unpaired) electrons. The van der Waals surface area contributed by atoms with Crippen molar-refractivity contribution in [2.45, 2.75) is 31.4 Å². The van der Waals surface area contributed by atoms with E-state index in [1.54, 1.807) is 6.07 Å². The summed E-state index contributed by atoms with van der Waals surface area (Å²) in [4.78, 5) is 0. The molecular formula is C10H16N2O3S. The van der Waals surface area contributed by atoms with Crippen LogP contribution >= 0.6 is 0 Å². The molecule has 6 heteroatoms. The Morgan fingerprint density at radius 2 is 2.19 bits per heavy atom. The van der Waals surface area contributed by atoms with E-state index >= 15 is 0 Å². The summed E-state index contributed by atoms with van der Waals surface area (Å²) in [7, 11) is -3.72. The minimum absolute atomic E-state index is 0.179. The van der Waals surface area contributed by atoms with E-state index < -0.39 is 10.0 Å². The normalized spacial score (nSPS) is 18.6. The van der Waals surface area contributed by atoms with E-state index in [-0.39, 0.29) is 5.09 Å². The van der Waals surface area contributed by atoms with Gasteiger partial charge in [-0.1, -0.05) is 6.92 Å². The van der Waals surface area contributed by atoms with Crippen LogP contribution in [0.3, 0.4) is 0 Å². The van der Waals surface area contributed by atoms with Gasteiger partial charge in [-0.3, -0.25) is 0 Å². The van der Waals surface area contributed by atoms with Gasteiger partial charge in [0.1, 0.15) is 5.76 Å². The number of nitrogens with one attached hydrogen (secondary N) is 1. The van der Waals surface area contributed by atoms with Crippen molar-refractivity contribution in [3.05, 3.63) is 17.9 Å². The van der Waals surface area contributed by atoms with Crippen LogP contribution in [-0.2, 0) is 16.6 Å². The predicted octanol–water partition coefficient (Wildman–Crippen LogP) is 0.817. The van der Waals surface area contributed by atoms with Crippen LogP contribution < -0.4 is 10.5 Å². The maximum atomic E-state index is 11.0. The van der Waals surface area contributed by atoms with E-state index in [0.29, 0.717) is 17.7 Å². The molecule has 0 spiro atoms. The lowest BCUT2D eigenvalue weighted by Gasteiger charge is -2.07. The zero-order chi connectivity index (χ0) is 11.8. The zero-order valence-electron chi connectivity index (χ0n) is 9.19. The summed E-state index contributed by atoms with van der Waals surface area (Å²) in [6.07, 6.45) is 2.50. The third-order valence-electron chi connectivity index (χ3n) is 2.87. The van der Waals surface area contributed by atoms with E-state index in [1.165, 1.54) is 18.9 Å². The summed E-state index contributed by atoms with van der Waals surface area (Å²) in [6, 6.07) is 3.01. The second-order valence-corrected chi connectivity index (χ2v) is 6.17. The van der Waals surface area contributed by atoms with Gasteiger partial charge in [0, 0.05) is 6.54 Å². The molecule has 0 saturated heterocycles. The topological polar surface area (TPSA) is 85.3 Å². The van der Waals surface area contributed by atoms with Gasteiger partial charge in [-0.15, -0.1) is 0 Å². The molecule has 1 saturated carbocycles. The van der Waals surface area contributed by atoms with Gasteiger partial charge in [-0.25, -0.2) is 13.6 Å². The number of hydrogen-bond donors (Lipinski definition) is 2. The largest absolute Gasteiger partial charge is 0.447 e. The molecule has 5 nitrogen and oxygen atoms in total. The monoisotopic (exact) mass is 244 g/mol. The molecule has 3 N–H and O–H groups in total. The van der Waals surface area contributed by atoms with Crippen molar-refractivity contribution in [1.82, 2.24) is 5.32 Å². The van der Waals surface area contributed by atoms with Crippen molar-refractivity contribution in [3.8, 4) is 0 Å². The molecule has 0 aliphatic heterocycles. The first kappa shape index (κ1) is 11.6. The smallest absolute Gasteiger partial charge is 0.271 e. The highest BCUT2D eigenvalue weighted by Gasteiger charge is 2.36. The highest BCUT2D eigenvalue weighted by atomic mass is 32.2. The van der Waals surface area contributed by atoms with Crippen LogP contribution in [0.4, 0.5) is 0 Å². The zero-order valence-corrected chi connectivity index (χ0v) is 10.0. The van der Waals surface area contributed by atoms with Crippen molar-refractivity contribution in [2.75, 3.05) is 6.54 Å². The number of nitrogens with two attached hydrogens (primary N) is 1. The van der Waals surface area contributed by atoms with Crippen molar-refractivity contribution < 1.29 is 12.8 Å². The fourth-order valence-electron chi connectivity index (χ4n) is 1.48. The third-order valence-corrected chi connectivity index (χ3v) is 3.65. The van der Waals surface area contributed by atoms with Gasteiger partial charge in [0.05, 0.1) is 6.54 Å². The van der Waals surface area contributed by atoms with Crippen molar-refractivity contribution in [3.63, 3.8) is 0 Å². The van der Waals surface area contributed by atoms with E-state index in [1.807, 2.05) is 0 Å². The molecule has 1 aliphatic rings. The summed E-state index contributed by atoms with van der Waals surface area (Å²) in [5, 5.41) is 8.00. The molecule has 1 fully saturated rings. The van der Waals surface area contributed by atoms with Crippen LogP contribution in [0, 0.1) is 5.41 Å². The summed E-state index contributed by atoms with van der Waals surface area (Å²) >= 11 is 0. The van der Waals surface area contributed by atoms with Crippen LogP contribution in [0.25, 0.3) is 0 Å². The maximum Gasteiger partial charge on any atom is 0.271 e. The molecular weight excluding hydrogens is 228 g/mol. The highest BCUT2D eigenvalue weighted by molar-refractivity contribution is 7.89. The van der Waals surface area contributed by atoms with E-state index in [9.17, 15) is 8.42 Å². The number of rotatable bonds is 5. The Balaban J connectivity index is 1.88. The third kappa shape index (κ3) is 2.84. The molecule has 1 aromatic rings. The van der Waals surface area contributed by atoms with Crippen LogP contribution in [-0.4, -0.2) is 15.0 Å². The molecule has 90 valence electrons. The molecule has 0 atom stereocenters. The Hall–Kier alpha value is -0.850. The molecule has 0 unspecified atom stereocenters. The van der Waals surface area contributed by atoms with Gasteiger partial charge in [-0.05, 0) is 30.4 Å². The Morgan fingerprint density at radius 3 is 2.69 bits per heavy atom. The minimum Gasteiger partial charge on any atom is -0.447 e. The fourth-order valence-corrected chi connectivity index (χ4v) is 1.96. The van der Waals surface area contributed by atoms with Gasteiger partial charge in [0.2, 0.25) is 5.09 Å². The maximum absolute atomic E-state index is 11.0. The van der Waals surface area contributed by atoms with Gasteiger partial charge in [0.15, 0.2) is 0 Å². The first-order chi connectivity index (χ1) is 7.39. The van der Waals surface area contributed by atoms with Crippen molar-refractivity contribution >= 4 is 10.0 Å². The molecule has 1 heterocycles. The van der Waals surface area contributed by atoms with E-state index in [0.717, 1.165) is 6.54 Å². The Labute approximate surface area is 95.1 Å². The second kappa shape index (κ2) is 3.87. The lowest BCUT2D eigenvalue weighted by molar-refractivity contribution is 0.391. The predicted molar refractivity (Wildman–Crippen MR) is 59.1 cm³/mol. The second-order valence-electron chi connectivity index (χ2n) is 4.68. The summed E-state index contributed by atoms with van der Waals surface area (Å²) in [6.45, 7) is 3.68. The van der Waals surface area contributed by atoms with Crippen LogP contribution in [0.5, 0.6) is 0 Å². The van der Waals surface area contributed by atoms with E-state index in [2.05, 4.69) is 12.2 Å². The molecule has 0 aromatic carbocycles. The summed E-state index contributed by atoms with van der Waals surface area (Å²) in [5.74, 6) is 0.591. The fraction of sp³-hybridized carbons (Fsp3) is 0.600. The van der Waals surface area contributed by atoms with Crippen molar-refractivity contribution in [2.24, 2.45) is 10.6 Å². The summed E-state index contributed by atoms with van der Waals surface area (Å²) in [5.41, 5.74) is 0.426. The molecule has 16 heavy (non-hydrogen) atoms. The molecule has 0 bridgehead atoms. The van der Waals surface area contributed by atoms with Crippen LogP contribution in [0.1, 0.15) is 25.5 Å². The Kier molecular flexibility index (Phi) is 2.81. The number of primary sulfonamides is 1. The number of furan rings is 1. The molecule has 0 amide bonds. The number of hydrogen-bond acceptors (Lipinski definition) is 4. The first-order valence-electron chi connectivity index (χ1n) is 5.21.